The molecule has 0 aliphatic carbocycles. The zero-order chi connectivity index (χ0) is 10.8. The van der Waals surface area contributed by atoms with E-state index in [1.165, 1.54) is 5.56 Å². The first-order chi connectivity index (χ1) is 7.20. The predicted octanol–water partition coefficient (Wildman–Crippen LogP) is 3.34. The first kappa shape index (κ1) is 10.8. The van der Waals surface area contributed by atoms with Gasteiger partial charge in [-0.25, -0.2) is 4.98 Å². The molecule has 0 saturated carbocycles. The van der Waals surface area contributed by atoms with E-state index in [1.807, 2.05) is 11.4 Å². The molecule has 0 aliphatic rings. The van der Waals surface area contributed by atoms with E-state index in [-0.39, 0.29) is 0 Å². The molecule has 0 saturated heterocycles. The number of hydrogen-bond acceptors (Lipinski definition) is 3. The van der Waals surface area contributed by atoms with Gasteiger partial charge in [-0.1, -0.05) is 22.0 Å². The van der Waals surface area contributed by atoms with Gasteiger partial charge in [0.15, 0.2) is 0 Å². The van der Waals surface area contributed by atoms with Gasteiger partial charge >= 0.3 is 0 Å². The lowest BCUT2D eigenvalue weighted by Crippen LogP contribution is -1.94. The van der Waals surface area contributed by atoms with Crippen molar-refractivity contribution >= 4 is 27.3 Å². The largest absolute Gasteiger partial charge is 0.325 e. The van der Waals surface area contributed by atoms with Gasteiger partial charge in [-0.05, 0) is 24.6 Å². The minimum Gasteiger partial charge on any atom is -0.325 e. The summed E-state index contributed by atoms with van der Waals surface area (Å²) in [6.07, 6.45) is 0. The van der Waals surface area contributed by atoms with Crippen LogP contribution in [0.4, 0.5) is 0 Å². The van der Waals surface area contributed by atoms with Gasteiger partial charge in [0.25, 0.3) is 0 Å². The van der Waals surface area contributed by atoms with E-state index < -0.39 is 0 Å². The summed E-state index contributed by atoms with van der Waals surface area (Å²) in [4.78, 5) is 4.45. The van der Waals surface area contributed by atoms with Crippen molar-refractivity contribution in [2.45, 2.75) is 13.5 Å². The second-order valence-corrected chi connectivity index (χ2v) is 5.09. The number of nitrogens with zero attached hydrogens (tertiary/aromatic N) is 1. The number of rotatable bonds is 2. The van der Waals surface area contributed by atoms with Crippen molar-refractivity contribution < 1.29 is 0 Å². The van der Waals surface area contributed by atoms with Crippen LogP contribution in [0.15, 0.2) is 28.1 Å². The van der Waals surface area contributed by atoms with Gasteiger partial charge in [0.05, 0.1) is 5.69 Å². The van der Waals surface area contributed by atoms with Gasteiger partial charge in [-0.15, -0.1) is 11.3 Å². The highest BCUT2D eigenvalue weighted by Gasteiger charge is 2.04. The maximum atomic E-state index is 5.54. The molecule has 78 valence electrons. The normalized spacial score (nSPS) is 10.6. The lowest BCUT2D eigenvalue weighted by molar-refractivity contribution is 1.04. The van der Waals surface area contributed by atoms with Crippen molar-refractivity contribution in [1.82, 2.24) is 4.98 Å². The van der Waals surface area contributed by atoms with Gasteiger partial charge in [-0.2, -0.15) is 0 Å². The van der Waals surface area contributed by atoms with Gasteiger partial charge in [0.1, 0.15) is 5.01 Å². The van der Waals surface area contributed by atoms with Crippen LogP contribution < -0.4 is 5.73 Å². The van der Waals surface area contributed by atoms with Crippen molar-refractivity contribution in [2.24, 2.45) is 5.73 Å². The molecular formula is C11H11BrN2S. The Morgan fingerprint density at radius 2 is 2.27 bits per heavy atom. The lowest BCUT2D eigenvalue weighted by Gasteiger charge is -2.00. The third-order valence-electron chi connectivity index (χ3n) is 2.18. The minimum absolute atomic E-state index is 0.514. The maximum Gasteiger partial charge on any atom is 0.107 e. The highest BCUT2D eigenvalue weighted by molar-refractivity contribution is 9.10. The average Bonchev–Trinajstić information content (AvgIpc) is 2.70. The molecule has 4 heteroatoms. The summed E-state index contributed by atoms with van der Waals surface area (Å²) < 4.78 is 1.13. The van der Waals surface area contributed by atoms with E-state index in [0.717, 1.165) is 20.7 Å². The number of aromatic nitrogens is 1. The molecule has 2 nitrogen and oxygen atoms in total. The van der Waals surface area contributed by atoms with Gasteiger partial charge < -0.3 is 5.73 Å². The first-order valence-corrected chi connectivity index (χ1v) is 6.29. The molecular weight excluding hydrogens is 272 g/mol. The van der Waals surface area contributed by atoms with Crippen LogP contribution in [0.3, 0.4) is 0 Å². The van der Waals surface area contributed by atoms with Crippen LogP contribution in [-0.4, -0.2) is 4.98 Å². The second-order valence-electron chi connectivity index (χ2n) is 3.29. The van der Waals surface area contributed by atoms with Crippen LogP contribution in [0, 0.1) is 6.92 Å². The molecule has 1 aromatic carbocycles. The Hall–Kier alpha value is -0.710. The Morgan fingerprint density at radius 1 is 1.47 bits per heavy atom. The minimum atomic E-state index is 0.514. The zero-order valence-corrected chi connectivity index (χ0v) is 10.7. The third kappa shape index (κ3) is 2.27. The summed E-state index contributed by atoms with van der Waals surface area (Å²) in [6.45, 7) is 2.59. The third-order valence-corrected chi connectivity index (χ3v) is 3.94. The molecule has 0 aliphatic heterocycles. The van der Waals surface area contributed by atoms with E-state index in [0.29, 0.717) is 6.54 Å². The number of thiazole rings is 1. The molecule has 2 rings (SSSR count). The fraction of sp³-hybridized carbons (Fsp3) is 0.182. The van der Waals surface area contributed by atoms with Crippen molar-refractivity contribution in [3.05, 3.63) is 38.6 Å². The van der Waals surface area contributed by atoms with E-state index in [2.05, 4.69) is 40.0 Å². The number of hydrogen-bond donors (Lipinski definition) is 1. The Labute approximate surface area is 101 Å². The van der Waals surface area contributed by atoms with E-state index in [9.17, 15) is 0 Å². The lowest BCUT2D eigenvalue weighted by atomic mass is 10.1. The molecule has 0 fully saturated rings. The molecule has 0 atom stereocenters. The zero-order valence-electron chi connectivity index (χ0n) is 8.33. The molecule has 2 N–H and O–H groups in total. The Balaban J connectivity index is 2.40. The number of halogens is 1. The first-order valence-electron chi connectivity index (χ1n) is 4.61. The van der Waals surface area contributed by atoms with Crippen molar-refractivity contribution in [2.75, 3.05) is 0 Å². The molecule has 0 radical (unpaired) electrons. The van der Waals surface area contributed by atoms with Gasteiger partial charge in [0.2, 0.25) is 0 Å². The summed E-state index contributed by atoms with van der Waals surface area (Å²) in [5, 5.41) is 3.02. The summed E-state index contributed by atoms with van der Waals surface area (Å²) >= 11 is 5.09. The monoisotopic (exact) mass is 282 g/mol. The topological polar surface area (TPSA) is 38.9 Å². The number of benzene rings is 1. The molecule has 0 spiro atoms. The smallest absolute Gasteiger partial charge is 0.107 e. The Bertz CT molecular complexity index is 479. The van der Waals surface area contributed by atoms with Crippen LogP contribution >= 0.6 is 27.3 Å². The fourth-order valence-corrected chi connectivity index (χ4v) is 2.27. The van der Waals surface area contributed by atoms with Crippen molar-refractivity contribution in [1.29, 1.82) is 0 Å². The van der Waals surface area contributed by atoms with E-state index in [1.54, 1.807) is 11.3 Å². The highest BCUT2D eigenvalue weighted by Crippen LogP contribution is 2.25. The summed E-state index contributed by atoms with van der Waals surface area (Å²) in [6, 6.07) is 6.23. The van der Waals surface area contributed by atoms with Crippen LogP contribution in [0.5, 0.6) is 0 Å². The quantitative estimate of drug-likeness (QED) is 0.918. The summed E-state index contributed by atoms with van der Waals surface area (Å²) in [7, 11) is 0. The van der Waals surface area contributed by atoms with Crippen molar-refractivity contribution in [3.63, 3.8) is 0 Å². The van der Waals surface area contributed by atoms with Crippen molar-refractivity contribution in [3.8, 4) is 11.3 Å². The molecule has 0 amide bonds. The predicted molar refractivity (Wildman–Crippen MR) is 67.9 cm³/mol. The highest BCUT2D eigenvalue weighted by atomic mass is 79.9. The average molecular weight is 283 g/mol. The molecule has 1 aromatic heterocycles. The van der Waals surface area contributed by atoms with Crippen LogP contribution in [0.25, 0.3) is 11.3 Å². The molecule has 1 heterocycles. The van der Waals surface area contributed by atoms with Gasteiger partial charge in [-0.3, -0.25) is 0 Å². The fourth-order valence-electron chi connectivity index (χ4n) is 1.34. The number of aryl methyl sites for hydroxylation is 1. The Kier molecular flexibility index (Phi) is 3.19. The van der Waals surface area contributed by atoms with Gasteiger partial charge in [0, 0.05) is 22.0 Å². The maximum absolute atomic E-state index is 5.54. The molecule has 0 unspecified atom stereocenters. The number of nitrogens with two attached hydrogens (primary N) is 1. The van der Waals surface area contributed by atoms with Crippen LogP contribution in [-0.2, 0) is 6.54 Å². The summed E-state index contributed by atoms with van der Waals surface area (Å²) in [5.74, 6) is 0. The summed E-state index contributed by atoms with van der Waals surface area (Å²) in [5.41, 5.74) is 8.91. The molecule has 15 heavy (non-hydrogen) atoms. The second kappa shape index (κ2) is 4.43. The SMILES string of the molecule is Cc1cc(-c2csc(CN)n2)ccc1Br. The van der Waals surface area contributed by atoms with Crippen LogP contribution in [0.1, 0.15) is 10.6 Å². The van der Waals surface area contributed by atoms with Crippen LogP contribution in [0.2, 0.25) is 0 Å². The molecule has 2 aromatic rings. The Morgan fingerprint density at radius 3 is 2.87 bits per heavy atom. The van der Waals surface area contributed by atoms with E-state index >= 15 is 0 Å². The standard InChI is InChI=1S/C11H11BrN2S/c1-7-4-8(2-3-9(7)12)10-6-15-11(5-13)14-10/h2-4,6H,5,13H2,1H3. The van der Waals surface area contributed by atoms with E-state index in [4.69, 9.17) is 5.73 Å². The molecule has 0 bridgehead atoms.